The normalized spacial score (nSPS) is 17.4. The van der Waals surface area contributed by atoms with E-state index in [1.807, 2.05) is 36.4 Å². The maximum atomic E-state index is 8.72. The minimum atomic E-state index is -0.125. The summed E-state index contributed by atoms with van der Waals surface area (Å²) in [6.45, 7) is 0. The first-order valence-electron chi connectivity index (χ1n) is 5.73. The molecule has 1 aromatic carbocycles. The lowest BCUT2D eigenvalue weighted by Crippen LogP contribution is -2.08. The smallest absolute Gasteiger partial charge is 0.286 e. The second-order valence-electron chi connectivity index (χ2n) is 4.11. The van der Waals surface area contributed by atoms with Crippen molar-refractivity contribution in [2.24, 2.45) is 0 Å². The number of hydrogen-bond acceptors (Lipinski definition) is 3. The molecule has 1 atom stereocenters. The van der Waals surface area contributed by atoms with Gasteiger partial charge in [0.25, 0.3) is 6.26 Å². The molecule has 0 saturated carbocycles. The van der Waals surface area contributed by atoms with Crippen LogP contribution in [0.1, 0.15) is 17.5 Å². The highest BCUT2D eigenvalue weighted by Crippen LogP contribution is 2.17. The van der Waals surface area contributed by atoms with Gasteiger partial charge >= 0.3 is 0 Å². The van der Waals surface area contributed by atoms with Crippen LogP contribution >= 0.6 is 0 Å². The Morgan fingerprint density at radius 2 is 2.00 bits per heavy atom. The van der Waals surface area contributed by atoms with E-state index in [9.17, 15) is 0 Å². The monoisotopic (exact) mass is 236 g/mol. The van der Waals surface area contributed by atoms with Crippen molar-refractivity contribution in [3.63, 3.8) is 0 Å². The van der Waals surface area contributed by atoms with Crippen LogP contribution in [0.15, 0.2) is 48.1 Å². The highest BCUT2D eigenvalue weighted by atomic mass is 16.5. The van der Waals surface area contributed by atoms with Crippen molar-refractivity contribution in [1.29, 1.82) is 10.5 Å². The zero-order valence-corrected chi connectivity index (χ0v) is 9.84. The van der Waals surface area contributed by atoms with Crippen molar-refractivity contribution in [3.05, 3.63) is 59.2 Å². The summed E-state index contributed by atoms with van der Waals surface area (Å²) >= 11 is 0. The van der Waals surface area contributed by atoms with Crippen LogP contribution in [0.2, 0.25) is 0 Å². The molecule has 0 aliphatic heterocycles. The Bertz CT molecular complexity index is 556. The Kier molecular flexibility index (Phi) is 3.79. The standard InChI is InChI=1S/C15H12N2O/c16-10-14-3-1-12(2-4-14)9-13-5-7-15(8-6-13)18-11-17/h1-7,15H,8-9H2. The van der Waals surface area contributed by atoms with Crippen molar-refractivity contribution in [1.82, 2.24) is 0 Å². The Morgan fingerprint density at radius 1 is 1.22 bits per heavy atom. The summed E-state index contributed by atoms with van der Waals surface area (Å²) in [5, 5.41) is 17.1. The fraction of sp³-hybridized carbons (Fsp3) is 0.200. The molecule has 18 heavy (non-hydrogen) atoms. The van der Waals surface area contributed by atoms with Crippen LogP contribution in [0.4, 0.5) is 0 Å². The highest BCUT2D eigenvalue weighted by Gasteiger charge is 2.09. The summed E-state index contributed by atoms with van der Waals surface area (Å²) in [6, 6.07) is 9.68. The van der Waals surface area contributed by atoms with Crippen molar-refractivity contribution in [3.8, 4) is 12.3 Å². The van der Waals surface area contributed by atoms with E-state index in [1.54, 1.807) is 6.26 Å². The minimum absolute atomic E-state index is 0.125. The van der Waals surface area contributed by atoms with Crippen LogP contribution in [-0.2, 0) is 11.2 Å². The summed E-state index contributed by atoms with van der Waals surface area (Å²) in [6.07, 6.45) is 9.12. The van der Waals surface area contributed by atoms with Crippen LogP contribution in [-0.4, -0.2) is 6.10 Å². The molecule has 2 rings (SSSR count). The first kappa shape index (κ1) is 12.0. The van der Waals surface area contributed by atoms with Crippen molar-refractivity contribution in [2.45, 2.75) is 18.9 Å². The third-order valence-corrected chi connectivity index (χ3v) is 2.83. The molecule has 0 aromatic heterocycles. The lowest BCUT2D eigenvalue weighted by atomic mass is 9.98. The lowest BCUT2D eigenvalue weighted by Gasteiger charge is -2.13. The highest BCUT2D eigenvalue weighted by molar-refractivity contribution is 5.36. The van der Waals surface area contributed by atoms with Crippen molar-refractivity contribution < 1.29 is 4.74 Å². The van der Waals surface area contributed by atoms with Gasteiger partial charge in [0.05, 0.1) is 11.6 Å². The number of ether oxygens (including phenoxy) is 1. The van der Waals surface area contributed by atoms with Crippen LogP contribution in [0, 0.1) is 22.8 Å². The molecule has 0 bridgehead atoms. The Balaban J connectivity index is 1.97. The molecule has 1 aromatic rings. The van der Waals surface area contributed by atoms with E-state index in [-0.39, 0.29) is 6.10 Å². The van der Waals surface area contributed by atoms with E-state index < -0.39 is 0 Å². The van der Waals surface area contributed by atoms with Gasteiger partial charge in [0.2, 0.25) is 0 Å². The molecule has 0 amide bonds. The molecular weight excluding hydrogens is 224 g/mol. The van der Waals surface area contributed by atoms with Crippen molar-refractivity contribution in [2.75, 3.05) is 0 Å². The van der Waals surface area contributed by atoms with Gasteiger partial charge < -0.3 is 4.74 Å². The van der Waals surface area contributed by atoms with Gasteiger partial charge in [-0.15, -0.1) is 0 Å². The van der Waals surface area contributed by atoms with E-state index in [1.165, 1.54) is 11.1 Å². The summed E-state index contributed by atoms with van der Waals surface area (Å²) in [7, 11) is 0. The quantitative estimate of drug-likeness (QED) is 0.758. The molecule has 0 saturated heterocycles. The molecule has 0 fully saturated rings. The van der Waals surface area contributed by atoms with Gasteiger partial charge in [0.1, 0.15) is 6.10 Å². The maximum Gasteiger partial charge on any atom is 0.286 e. The fourth-order valence-corrected chi connectivity index (χ4v) is 1.86. The minimum Gasteiger partial charge on any atom is -0.420 e. The van der Waals surface area contributed by atoms with E-state index in [4.69, 9.17) is 15.3 Å². The molecule has 0 spiro atoms. The van der Waals surface area contributed by atoms with E-state index in [0.717, 1.165) is 12.8 Å². The van der Waals surface area contributed by atoms with Gasteiger partial charge in [0, 0.05) is 6.42 Å². The molecule has 88 valence electrons. The number of nitriles is 2. The molecule has 3 heteroatoms. The molecule has 0 N–H and O–H groups in total. The summed E-state index contributed by atoms with van der Waals surface area (Å²) in [4.78, 5) is 0. The van der Waals surface area contributed by atoms with Gasteiger partial charge in [-0.1, -0.05) is 24.3 Å². The number of nitrogens with zero attached hydrogens (tertiary/aromatic N) is 2. The van der Waals surface area contributed by atoms with E-state index >= 15 is 0 Å². The van der Waals surface area contributed by atoms with Gasteiger partial charge in [-0.05, 0) is 35.8 Å². The molecule has 0 heterocycles. The summed E-state index contributed by atoms with van der Waals surface area (Å²) in [5.74, 6) is 0. The van der Waals surface area contributed by atoms with E-state index in [0.29, 0.717) is 5.56 Å². The zero-order valence-electron chi connectivity index (χ0n) is 9.84. The summed E-state index contributed by atoms with van der Waals surface area (Å²) in [5.41, 5.74) is 3.05. The largest absolute Gasteiger partial charge is 0.420 e. The number of allylic oxidation sites excluding steroid dienone is 2. The molecule has 1 unspecified atom stereocenters. The molecule has 1 aliphatic carbocycles. The third kappa shape index (κ3) is 2.99. The Morgan fingerprint density at radius 3 is 2.56 bits per heavy atom. The van der Waals surface area contributed by atoms with Gasteiger partial charge in [-0.2, -0.15) is 10.5 Å². The average Bonchev–Trinajstić information content (AvgIpc) is 2.42. The predicted molar refractivity (Wildman–Crippen MR) is 67.2 cm³/mol. The Labute approximate surface area is 106 Å². The molecule has 0 radical (unpaired) electrons. The van der Waals surface area contributed by atoms with Crippen LogP contribution in [0.3, 0.4) is 0 Å². The van der Waals surface area contributed by atoms with Gasteiger partial charge in [-0.25, -0.2) is 0 Å². The molecular formula is C15H12N2O. The third-order valence-electron chi connectivity index (χ3n) is 2.83. The average molecular weight is 236 g/mol. The van der Waals surface area contributed by atoms with Crippen molar-refractivity contribution >= 4 is 0 Å². The van der Waals surface area contributed by atoms with Crippen LogP contribution < -0.4 is 0 Å². The first-order valence-corrected chi connectivity index (χ1v) is 5.73. The summed E-state index contributed by atoms with van der Waals surface area (Å²) < 4.78 is 4.85. The lowest BCUT2D eigenvalue weighted by molar-refractivity contribution is 0.207. The number of rotatable bonds is 3. The second-order valence-corrected chi connectivity index (χ2v) is 4.11. The van der Waals surface area contributed by atoms with Gasteiger partial charge in [-0.3, -0.25) is 0 Å². The zero-order chi connectivity index (χ0) is 12.8. The fourth-order valence-electron chi connectivity index (χ4n) is 1.86. The Hall–Kier alpha value is -2.52. The first-order chi connectivity index (χ1) is 8.81. The topological polar surface area (TPSA) is 56.8 Å². The van der Waals surface area contributed by atoms with Gasteiger partial charge in [0.15, 0.2) is 0 Å². The van der Waals surface area contributed by atoms with E-state index in [2.05, 4.69) is 12.1 Å². The molecule has 1 aliphatic rings. The number of hydrogen-bond donors (Lipinski definition) is 0. The number of benzene rings is 1. The molecule has 3 nitrogen and oxygen atoms in total. The predicted octanol–water partition coefficient (Wildman–Crippen LogP) is 2.85. The maximum absolute atomic E-state index is 8.72. The SMILES string of the molecule is N#COC1C=CC(Cc2ccc(C#N)cc2)=CC1. The second kappa shape index (κ2) is 5.70. The van der Waals surface area contributed by atoms with Crippen LogP contribution in [0.5, 0.6) is 0 Å². The van der Waals surface area contributed by atoms with Crippen LogP contribution in [0.25, 0.3) is 0 Å².